The summed E-state index contributed by atoms with van der Waals surface area (Å²) in [6.07, 6.45) is 2.19. The Bertz CT molecular complexity index is 1000. The van der Waals surface area contributed by atoms with E-state index in [1.165, 1.54) is 5.56 Å². The third kappa shape index (κ3) is 2.85. The molecule has 6 heteroatoms. The molecule has 0 radical (unpaired) electrons. The van der Waals surface area contributed by atoms with Crippen molar-refractivity contribution in [3.05, 3.63) is 52.8 Å². The quantitative estimate of drug-likeness (QED) is 0.496. The Morgan fingerprint density at radius 3 is 2.73 bits per heavy atom. The van der Waals surface area contributed by atoms with Crippen molar-refractivity contribution in [2.75, 3.05) is 18.0 Å². The highest BCUT2D eigenvalue weighted by Gasteiger charge is 2.25. The van der Waals surface area contributed by atoms with E-state index in [-0.39, 0.29) is 0 Å². The lowest BCUT2D eigenvalue weighted by Gasteiger charge is -2.30. The lowest BCUT2D eigenvalue weighted by atomic mass is 9.96. The number of halogens is 1. The van der Waals surface area contributed by atoms with Crippen LogP contribution in [0.25, 0.3) is 21.3 Å². The van der Waals surface area contributed by atoms with Gasteiger partial charge in [0, 0.05) is 24.0 Å². The summed E-state index contributed by atoms with van der Waals surface area (Å²) in [6.45, 7) is 4.13. The molecule has 4 nitrogen and oxygen atoms in total. The minimum Gasteiger partial charge on any atom is -0.348 e. The number of nitrogens with one attached hydrogen (secondary N) is 1. The summed E-state index contributed by atoms with van der Waals surface area (Å²) >= 11 is 7.83. The van der Waals surface area contributed by atoms with Gasteiger partial charge in [-0.15, -0.1) is 0 Å². The SMILES string of the molecule is Cc1ccc2nc(C3CCN(c4nc5ccc(Cl)cc5s4)CC3)[nH]c2c1. The van der Waals surface area contributed by atoms with Crippen LogP contribution in [0.3, 0.4) is 0 Å². The van der Waals surface area contributed by atoms with E-state index in [9.17, 15) is 0 Å². The second-order valence-electron chi connectivity index (χ2n) is 7.01. The van der Waals surface area contributed by atoms with Gasteiger partial charge in [-0.05, 0) is 55.7 Å². The number of H-pyrrole nitrogens is 1. The summed E-state index contributed by atoms with van der Waals surface area (Å²) in [5.74, 6) is 1.61. The number of aryl methyl sites for hydroxylation is 1. The Hall–Kier alpha value is -2.11. The molecule has 26 heavy (non-hydrogen) atoms. The number of fused-ring (bicyclic) bond motifs is 2. The molecule has 0 amide bonds. The Morgan fingerprint density at radius 2 is 1.88 bits per heavy atom. The molecule has 0 saturated carbocycles. The van der Waals surface area contributed by atoms with E-state index in [2.05, 4.69) is 35.0 Å². The van der Waals surface area contributed by atoms with Crippen molar-refractivity contribution in [1.82, 2.24) is 15.0 Å². The molecular formula is C20H19ClN4S. The van der Waals surface area contributed by atoms with Crippen LogP contribution in [0.4, 0.5) is 5.13 Å². The smallest absolute Gasteiger partial charge is 0.186 e. The fraction of sp³-hybridized carbons (Fsp3) is 0.300. The van der Waals surface area contributed by atoms with Crippen LogP contribution in [0.5, 0.6) is 0 Å². The van der Waals surface area contributed by atoms with Crippen LogP contribution in [0.2, 0.25) is 5.02 Å². The monoisotopic (exact) mass is 382 g/mol. The van der Waals surface area contributed by atoms with Gasteiger partial charge in [0.2, 0.25) is 0 Å². The van der Waals surface area contributed by atoms with E-state index < -0.39 is 0 Å². The van der Waals surface area contributed by atoms with E-state index in [0.29, 0.717) is 5.92 Å². The Kier molecular flexibility index (Phi) is 3.87. The molecule has 5 rings (SSSR count). The van der Waals surface area contributed by atoms with E-state index in [1.54, 1.807) is 11.3 Å². The molecule has 0 atom stereocenters. The maximum atomic E-state index is 6.10. The maximum Gasteiger partial charge on any atom is 0.186 e. The van der Waals surface area contributed by atoms with Gasteiger partial charge in [0.15, 0.2) is 5.13 Å². The van der Waals surface area contributed by atoms with Crippen LogP contribution in [0.1, 0.15) is 30.1 Å². The average molecular weight is 383 g/mol. The van der Waals surface area contributed by atoms with E-state index in [4.69, 9.17) is 21.6 Å². The molecule has 0 aliphatic carbocycles. The van der Waals surface area contributed by atoms with Crippen molar-refractivity contribution in [3.8, 4) is 0 Å². The summed E-state index contributed by atoms with van der Waals surface area (Å²) in [4.78, 5) is 15.5. The second kappa shape index (κ2) is 6.25. The molecule has 4 aromatic rings. The van der Waals surface area contributed by atoms with Crippen LogP contribution in [-0.2, 0) is 0 Å². The van der Waals surface area contributed by atoms with Crippen molar-refractivity contribution < 1.29 is 0 Å². The molecule has 0 bridgehead atoms. The number of rotatable bonds is 2. The number of hydrogen-bond acceptors (Lipinski definition) is 4. The minimum absolute atomic E-state index is 0.489. The van der Waals surface area contributed by atoms with Crippen LogP contribution in [0, 0.1) is 6.92 Å². The van der Waals surface area contributed by atoms with Crippen molar-refractivity contribution in [2.45, 2.75) is 25.7 Å². The number of imidazole rings is 1. The van der Waals surface area contributed by atoms with Crippen molar-refractivity contribution in [1.29, 1.82) is 0 Å². The van der Waals surface area contributed by atoms with Gasteiger partial charge in [0.1, 0.15) is 5.82 Å². The third-order valence-corrected chi connectivity index (χ3v) is 6.46. The zero-order valence-corrected chi connectivity index (χ0v) is 16.1. The number of aromatic amines is 1. The van der Waals surface area contributed by atoms with Gasteiger partial charge >= 0.3 is 0 Å². The summed E-state index contributed by atoms with van der Waals surface area (Å²) < 4.78 is 1.15. The van der Waals surface area contributed by atoms with Crippen LogP contribution < -0.4 is 4.90 Å². The number of aromatic nitrogens is 3. The number of nitrogens with zero attached hydrogens (tertiary/aromatic N) is 3. The van der Waals surface area contributed by atoms with E-state index in [0.717, 1.165) is 63.2 Å². The van der Waals surface area contributed by atoms with Gasteiger partial charge in [0.25, 0.3) is 0 Å². The predicted molar refractivity (Wildman–Crippen MR) is 110 cm³/mol. The Labute approximate surface area is 160 Å². The third-order valence-electron chi connectivity index (χ3n) is 5.15. The van der Waals surface area contributed by atoms with Crippen LogP contribution in [0.15, 0.2) is 36.4 Å². The first-order valence-corrected chi connectivity index (χ1v) is 10.1. The fourth-order valence-electron chi connectivity index (χ4n) is 3.70. The lowest BCUT2D eigenvalue weighted by Crippen LogP contribution is -2.33. The standard InChI is InChI=1S/C20H19ClN4S/c1-12-2-4-15-17(10-12)23-19(22-15)13-6-8-25(9-7-13)20-24-16-5-3-14(21)11-18(16)26-20/h2-5,10-11,13H,6-9H2,1H3,(H,22,23). The largest absolute Gasteiger partial charge is 0.348 e. The highest BCUT2D eigenvalue weighted by molar-refractivity contribution is 7.22. The van der Waals surface area contributed by atoms with Gasteiger partial charge in [-0.25, -0.2) is 9.97 Å². The summed E-state index contributed by atoms with van der Waals surface area (Å²) in [5, 5.41) is 1.87. The zero-order valence-electron chi connectivity index (χ0n) is 14.5. The summed E-state index contributed by atoms with van der Waals surface area (Å²) in [6, 6.07) is 12.3. The van der Waals surface area contributed by atoms with Crippen LogP contribution >= 0.6 is 22.9 Å². The molecule has 1 aliphatic rings. The van der Waals surface area contributed by atoms with Gasteiger partial charge < -0.3 is 9.88 Å². The minimum atomic E-state index is 0.489. The van der Waals surface area contributed by atoms with Gasteiger partial charge in [-0.1, -0.05) is 29.0 Å². The molecule has 132 valence electrons. The number of anilines is 1. The molecule has 1 N–H and O–H groups in total. The van der Waals surface area contributed by atoms with Crippen molar-refractivity contribution >= 4 is 49.3 Å². The van der Waals surface area contributed by atoms with Gasteiger partial charge in [0.05, 0.1) is 21.3 Å². The first-order valence-electron chi connectivity index (χ1n) is 8.93. The second-order valence-corrected chi connectivity index (χ2v) is 8.46. The fourth-order valence-corrected chi connectivity index (χ4v) is 5.00. The number of piperidine rings is 1. The van der Waals surface area contributed by atoms with Crippen molar-refractivity contribution in [2.24, 2.45) is 0 Å². The van der Waals surface area contributed by atoms with E-state index in [1.807, 2.05) is 18.2 Å². The molecule has 2 aromatic carbocycles. The Balaban J connectivity index is 1.34. The molecule has 1 saturated heterocycles. The molecule has 1 aliphatic heterocycles. The average Bonchev–Trinajstić information content (AvgIpc) is 3.25. The molecule has 0 unspecified atom stereocenters. The van der Waals surface area contributed by atoms with E-state index >= 15 is 0 Å². The van der Waals surface area contributed by atoms with Crippen molar-refractivity contribution in [3.63, 3.8) is 0 Å². The highest BCUT2D eigenvalue weighted by Crippen LogP contribution is 2.35. The predicted octanol–water partition coefficient (Wildman–Crippen LogP) is 5.52. The molecule has 0 spiro atoms. The number of thiazole rings is 1. The highest BCUT2D eigenvalue weighted by atomic mass is 35.5. The summed E-state index contributed by atoms with van der Waals surface area (Å²) in [7, 11) is 0. The maximum absolute atomic E-state index is 6.10. The normalized spacial score (nSPS) is 16.0. The molecular weight excluding hydrogens is 364 g/mol. The molecule has 3 heterocycles. The van der Waals surface area contributed by atoms with Crippen LogP contribution in [-0.4, -0.2) is 28.0 Å². The Morgan fingerprint density at radius 1 is 1.08 bits per heavy atom. The first kappa shape index (κ1) is 16.1. The summed E-state index contributed by atoms with van der Waals surface area (Å²) in [5.41, 5.74) is 4.50. The number of benzene rings is 2. The number of hydrogen-bond donors (Lipinski definition) is 1. The topological polar surface area (TPSA) is 44.8 Å². The first-order chi connectivity index (χ1) is 12.7. The lowest BCUT2D eigenvalue weighted by molar-refractivity contribution is 0.489. The van der Waals surface area contributed by atoms with Gasteiger partial charge in [-0.2, -0.15) is 0 Å². The zero-order chi connectivity index (χ0) is 17.7. The molecule has 2 aromatic heterocycles. The molecule has 1 fully saturated rings. The van der Waals surface area contributed by atoms with Gasteiger partial charge in [-0.3, -0.25) is 0 Å².